The molecular weight excluding hydrogens is 430 g/mol. The number of imidazole rings is 1. The first-order valence-corrected chi connectivity index (χ1v) is 10.6. The van der Waals surface area contributed by atoms with Gasteiger partial charge in [-0.3, -0.25) is 9.30 Å². The van der Waals surface area contributed by atoms with Crippen molar-refractivity contribution in [3.05, 3.63) is 54.1 Å². The SMILES string of the molecule is Cc1nc2c(F)cc(-c3ncc4cc(N5C[C@H](C)N(C(=O)O)[C@@H](C)C5)ccc4n3)cn2c1F. The number of benzene rings is 1. The minimum Gasteiger partial charge on any atom is -0.465 e. The van der Waals surface area contributed by atoms with Gasteiger partial charge in [-0.15, -0.1) is 0 Å². The molecule has 5 rings (SSSR count). The zero-order chi connectivity index (χ0) is 23.4. The van der Waals surface area contributed by atoms with Crippen molar-refractivity contribution in [2.75, 3.05) is 18.0 Å². The van der Waals surface area contributed by atoms with Gasteiger partial charge in [-0.05, 0) is 45.0 Å². The average molecular weight is 452 g/mol. The first-order valence-electron chi connectivity index (χ1n) is 10.6. The highest BCUT2D eigenvalue weighted by atomic mass is 19.1. The van der Waals surface area contributed by atoms with E-state index in [0.717, 1.165) is 15.5 Å². The third-order valence-corrected chi connectivity index (χ3v) is 6.10. The van der Waals surface area contributed by atoms with E-state index in [9.17, 15) is 18.7 Å². The van der Waals surface area contributed by atoms with Gasteiger partial charge in [0.15, 0.2) is 17.3 Å². The number of aromatic nitrogens is 4. The van der Waals surface area contributed by atoms with Crippen LogP contribution in [0.25, 0.3) is 27.9 Å². The number of pyridine rings is 1. The van der Waals surface area contributed by atoms with Crippen molar-refractivity contribution >= 4 is 28.3 Å². The van der Waals surface area contributed by atoms with Crippen LogP contribution in [-0.4, -0.2) is 60.6 Å². The van der Waals surface area contributed by atoms with E-state index in [4.69, 9.17) is 0 Å². The third-order valence-electron chi connectivity index (χ3n) is 6.10. The monoisotopic (exact) mass is 452 g/mol. The molecule has 0 unspecified atom stereocenters. The number of piperazine rings is 1. The van der Waals surface area contributed by atoms with Gasteiger partial charge in [0.2, 0.25) is 5.95 Å². The number of hydrogen-bond acceptors (Lipinski definition) is 5. The number of rotatable bonds is 2. The summed E-state index contributed by atoms with van der Waals surface area (Å²) >= 11 is 0. The molecule has 8 nitrogen and oxygen atoms in total. The fraction of sp³-hybridized carbons (Fsp3) is 0.304. The molecule has 3 aromatic heterocycles. The summed E-state index contributed by atoms with van der Waals surface area (Å²) < 4.78 is 29.8. The van der Waals surface area contributed by atoms with E-state index in [1.807, 2.05) is 32.0 Å². The molecule has 10 heteroatoms. The Morgan fingerprint density at radius 2 is 1.85 bits per heavy atom. The molecule has 0 aliphatic carbocycles. The topological polar surface area (TPSA) is 86.9 Å². The standard InChI is InChI=1S/C23H22F2N6O2/c1-12-9-29(10-13(2)31(12)23(32)33)17-4-5-19-15(6-17)8-26-21(28-19)16-7-18(24)22-27-14(3)20(25)30(22)11-16/h4-8,11-13H,9-10H2,1-3H3,(H,32,33)/t12-,13-/m0/s1. The van der Waals surface area contributed by atoms with Crippen LogP contribution in [0.4, 0.5) is 19.3 Å². The molecule has 1 amide bonds. The molecule has 0 radical (unpaired) electrons. The Morgan fingerprint density at radius 3 is 2.55 bits per heavy atom. The van der Waals surface area contributed by atoms with Gasteiger partial charge in [-0.1, -0.05) is 0 Å². The molecule has 1 aliphatic rings. The zero-order valence-electron chi connectivity index (χ0n) is 18.3. The lowest BCUT2D eigenvalue weighted by atomic mass is 10.1. The van der Waals surface area contributed by atoms with E-state index in [2.05, 4.69) is 19.9 Å². The van der Waals surface area contributed by atoms with Gasteiger partial charge >= 0.3 is 6.09 Å². The summed E-state index contributed by atoms with van der Waals surface area (Å²) in [5.41, 5.74) is 1.99. The number of hydrogen-bond donors (Lipinski definition) is 1. The van der Waals surface area contributed by atoms with Gasteiger partial charge in [0, 0.05) is 42.1 Å². The van der Waals surface area contributed by atoms with Crippen LogP contribution in [0, 0.1) is 18.7 Å². The molecule has 1 aromatic carbocycles. The van der Waals surface area contributed by atoms with Crippen LogP contribution < -0.4 is 4.90 Å². The minimum absolute atomic E-state index is 0.0781. The van der Waals surface area contributed by atoms with Crippen molar-refractivity contribution < 1.29 is 18.7 Å². The van der Waals surface area contributed by atoms with E-state index in [-0.39, 0.29) is 29.2 Å². The van der Waals surface area contributed by atoms with Crippen molar-refractivity contribution in [2.24, 2.45) is 0 Å². The van der Waals surface area contributed by atoms with Gasteiger partial charge < -0.3 is 10.0 Å². The van der Waals surface area contributed by atoms with Crippen LogP contribution in [0.15, 0.2) is 36.7 Å². The number of carbonyl (C=O) groups is 1. The van der Waals surface area contributed by atoms with Crippen molar-refractivity contribution in [2.45, 2.75) is 32.9 Å². The predicted octanol–water partition coefficient (Wildman–Crippen LogP) is 4.11. The molecule has 1 fully saturated rings. The Bertz CT molecular complexity index is 1390. The number of amides is 1. The fourth-order valence-electron chi connectivity index (χ4n) is 4.58. The molecule has 170 valence electrons. The molecule has 0 spiro atoms. The maximum Gasteiger partial charge on any atom is 0.407 e. The maximum atomic E-state index is 14.5. The van der Waals surface area contributed by atoms with E-state index >= 15 is 0 Å². The summed E-state index contributed by atoms with van der Waals surface area (Å²) in [5.74, 6) is -0.996. The minimum atomic E-state index is -0.908. The lowest BCUT2D eigenvalue weighted by Crippen LogP contribution is -2.58. The Morgan fingerprint density at radius 1 is 1.12 bits per heavy atom. The van der Waals surface area contributed by atoms with Crippen molar-refractivity contribution in [1.82, 2.24) is 24.3 Å². The second-order valence-corrected chi connectivity index (χ2v) is 8.49. The van der Waals surface area contributed by atoms with E-state index in [1.54, 1.807) is 6.20 Å². The molecule has 33 heavy (non-hydrogen) atoms. The van der Waals surface area contributed by atoms with E-state index in [0.29, 0.717) is 24.2 Å². The van der Waals surface area contributed by atoms with Crippen LogP contribution >= 0.6 is 0 Å². The van der Waals surface area contributed by atoms with Gasteiger partial charge in [0.05, 0.1) is 23.3 Å². The third kappa shape index (κ3) is 3.51. The molecule has 0 bridgehead atoms. The number of carboxylic acid groups (broad SMARTS) is 1. The quantitative estimate of drug-likeness (QED) is 0.493. The highest BCUT2D eigenvalue weighted by Crippen LogP contribution is 2.27. The van der Waals surface area contributed by atoms with Gasteiger partial charge in [0.25, 0.3) is 0 Å². The van der Waals surface area contributed by atoms with Gasteiger partial charge in [-0.2, -0.15) is 4.39 Å². The van der Waals surface area contributed by atoms with Crippen LogP contribution in [-0.2, 0) is 0 Å². The van der Waals surface area contributed by atoms with Crippen LogP contribution in [0.2, 0.25) is 0 Å². The molecule has 1 saturated heterocycles. The molecule has 2 atom stereocenters. The average Bonchev–Trinajstić information content (AvgIpc) is 3.06. The number of anilines is 1. The number of halogens is 2. The summed E-state index contributed by atoms with van der Waals surface area (Å²) in [4.78, 5) is 28.0. The number of fused-ring (bicyclic) bond motifs is 2. The number of aryl methyl sites for hydroxylation is 1. The van der Waals surface area contributed by atoms with E-state index < -0.39 is 17.9 Å². The molecule has 1 aliphatic heterocycles. The van der Waals surface area contributed by atoms with Crippen molar-refractivity contribution in [3.8, 4) is 11.4 Å². The van der Waals surface area contributed by atoms with Crippen LogP contribution in [0.1, 0.15) is 19.5 Å². The molecule has 1 N–H and O–H groups in total. The van der Waals surface area contributed by atoms with Crippen molar-refractivity contribution in [1.29, 1.82) is 0 Å². The van der Waals surface area contributed by atoms with Gasteiger partial charge in [-0.25, -0.2) is 24.1 Å². The summed E-state index contributed by atoms with van der Waals surface area (Å²) in [6.07, 6.45) is 2.18. The van der Waals surface area contributed by atoms with E-state index in [1.165, 1.54) is 24.1 Å². The molecular formula is C23H22F2N6O2. The molecule has 0 saturated carbocycles. The van der Waals surface area contributed by atoms with Crippen LogP contribution in [0.5, 0.6) is 0 Å². The Labute approximate surface area is 188 Å². The largest absolute Gasteiger partial charge is 0.465 e. The first kappa shape index (κ1) is 21.0. The van der Waals surface area contributed by atoms with Crippen LogP contribution in [0.3, 0.4) is 0 Å². The Balaban J connectivity index is 1.47. The zero-order valence-corrected chi connectivity index (χ0v) is 18.3. The lowest BCUT2D eigenvalue weighted by molar-refractivity contribution is 0.0983. The summed E-state index contributed by atoms with van der Waals surface area (Å²) in [6.45, 7) is 6.43. The fourth-order valence-corrected chi connectivity index (χ4v) is 4.58. The highest BCUT2D eigenvalue weighted by molar-refractivity contribution is 5.83. The second kappa shape index (κ2) is 7.65. The predicted molar refractivity (Wildman–Crippen MR) is 119 cm³/mol. The summed E-state index contributed by atoms with van der Waals surface area (Å²) in [5, 5.41) is 10.2. The highest BCUT2D eigenvalue weighted by Gasteiger charge is 2.32. The van der Waals surface area contributed by atoms with Gasteiger partial charge in [0.1, 0.15) is 0 Å². The van der Waals surface area contributed by atoms with Crippen molar-refractivity contribution in [3.63, 3.8) is 0 Å². The lowest BCUT2D eigenvalue weighted by Gasteiger charge is -2.43. The second-order valence-electron chi connectivity index (χ2n) is 8.49. The summed E-state index contributed by atoms with van der Waals surface area (Å²) in [6, 6.07) is 6.71. The molecule has 4 heterocycles. The summed E-state index contributed by atoms with van der Waals surface area (Å²) in [7, 11) is 0. The smallest absolute Gasteiger partial charge is 0.407 e. The Hall–Kier alpha value is -3.82. The Kier molecular flexibility index (Phi) is 4.88. The molecule has 4 aromatic rings. The normalized spacial score (nSPS) is 18.9. The maximum absolute atomic E-state index is 14.5. The number of nitrogens with zero attached hydrogens (tertiary/aromatic N) is 6. The first-order chi connectivity index (χ1) is 15.7.